The van der Waals surface area contributed by atoms with Gasteiger partial charge in [0.15, 0.2) is 0 Å². The molecule has 0 bridgehead atoms. The minimum Gasteiger partial charge on any atom is -0.171 e. The van der Waals surface area contributed by atoms with E-state index in [2.05, 4.69) is 15.3 Å². The van der Waals surface area contributed by atoms with E-state index in [9.17, 15) is 13.2 Å². The third kappa shape index (κ3) is 6.49. The van der Waals surface area contributed by atoms with Crippen LogP contribution >= 0.6 is 15.3 Å². The van der Waals surface area contributed by atoms with Gasteiger partial charge in [-0.3, -0.25) is 0 Å². The monoisotopic (exact) mass is 206 g/mol. The molecular formula is C3H6BrF3Si. The predicted molar refractivity (Wildman–Crippen MR) is 32.9 cm³/mol. The van der Waals surface area contributed by atoms with E-state index in [4.69, 9.17) is 0 Å². The van der Waals surface area contributed by atoms with E-state index >= 15 is 0 Å². The van der Waals surface area contributed by atoms with Crippen molar-refractivity contribution in [1.82, 2.24) is 0 Å². The number of hydrogen-bond acceptors (Lipinski definition) is 0. The molecule has 0 spiro atoms. The Balaban J connectivity index is 3.11. The van der Waals surface area contributed by atoms with Gasteiger partial charge in [-0.15, -0.1) is 15.3 Å². The Hall–Kier alpha value is 0.487. The summed E-state index contributed by atoms with van der Waals surface area (Å²) < 4.78 is 33.7. The van der Waals surface area contributed by atoms with Gasteiger partial charge in [0.05, 0.1) is 8.14 Å². The van der Waals surface area contributed by atoms with Crippen LogP contribution in [0.3, 0.4) is 0 Å². The molecule has 0 amide bonds. The van der Waals surface area contributed by atoms with Crippen molar-refractivity contribution >= 4 is 23.4 Å². The van der Waals surface area contributed by atoms with E-state index in [-0.39, 0.29) is 0 Å². The Labute approximate surface area is 55.9 Å². The van der Waals surface area contributed by atoms with Crippen LogP contribution in [-0.4, -0.2) is 14.3 Å². The topological polar surface area (TPSA) is 0 Å². The van der Waals surface area contributed by atoms with Gasteiger partial charge < -0.3 is 0 Å². The van der Waals surface area contributed by atoms with Crippen LogP contribution in [0.15, 0.2) is 0 Å². The standard InChI is InChI=1S/C3H6BrF3Si/c4-8-2-1-3(5,6)7/h1-2,8H2. The fourth-order valence-electron chi connectivity index (χ4n) is 0.267. The van der Waals surface area contributed by atoms with Crippen LogP contribution in [0.4, 0.5) is 13.2 Å². The molecule has 0 fully saturated rings. The van der Waals surface area contributed by atoms with Gasteiger partial charge in [-0.2, -0.15) is 13.2 Å². The highest BCUT2D eigenvalue weighted by molar-refractivity contribution is 9.23. The molecule has 0 aliphatic heterocycles. The molecule has 0 aliphatic rings. The van der Waals surface area contributed by atoms with Crippen LogP contribution in [0.1, 0.15) is 6.42 Å². The second-order valence-corrected chi connectivity index (χ2v) is 4.87. The summed E-state index contributed by atoms with van der Waals surface area (Å²) in [6.07, 6.45) is -4.56. The largest absolute Gasteiger partial charge is 0.388 e. The first-order valence-electron chi connectivity index (χ1n) is 2.19. The van der Waals surface area contributed by atoms with Crippen molar-refractivity contribution in [2.75, 3.05) is 0 Å². The first-order chi connectivity index (χ1) is 3.56. The molecule has 0 aromatic carbocycles. The highest BCUT2D eigenvalue weighted by atomic mass is 79.9. The van der Waals surface area contributed by atoms with Crippen molar-refractivity contribution in [3.05, 3.63) is 0 Å². The van der Waals surface area contributed by atoms with Crippen molar-refractivity contribution in [1.29, 1.82) is 0 Å². The molecule has 0 heterocycles. The first kappa shape index (κ1) is 8.49. The minimum atomic E-state index is -3.94. The van der Waals surface area contributed by atoms with Gasteiger partial charge in [0.25, 0.3) is 0 Å². The summed E-state index contributed by atoms with van der Waals surface area (Å²) >= 11 is 3.04. The van der Waals surface area contributed by atoms with Crippen LogP contribution in [0.25, 0.3) is 0 Å². The van der Waals surface area contributed by atoms with Crippen LogP contribution in [-0.2, 0) is 0 Å². The second-order valence-electron chi connectivity index (χ2n) is 1.41. The van der Waals surface area contributed by atoms with Crippen LogP contribution < -0.4 is 0 Å². The molecule has 5 heteroatoms. The molecule has 0 aliphatic carbocycles. The van der Waals surface area contributed by atoms with Gasteiger partial charge in [0.1, 0.15) is 0 Å². The first-order valence-corrected chi connectivity index (χ1v) is 7.09. The maximum Gasteiger partial charge on any atom is 0.388 e. The fourth-order valence-corrected chi connectivity index (χ4v) is 1.64. The Bertz CT molecular complexity index is 62.0. The Morgan fingerprint density at radius 2 is 1.88 bits per heavy atom. The lowest BCUT2D eigenvalue weighted by atomic mass is 10.5. The second kappa shape index (κ2) is 3.50. The molecule has 0 aromatic rings. The van der Waals surface area contributed by atoms with E-state index in [1.807, 2.05) is 0 Å². The smallest absolute Gasteiger partial charge is 0.171 e. The Kier molecular flexibility index (Phi) is 3.71. The number of alkyl halides is 3. The molecular weight excluding hydrogens is 201 g/mol. The lowest BCUT2D eigenvalue weighted by Crippen LogP contribution is -2.06. The summed E-state index contributed by atoms with van der Waals surface area (Å²) in [5.41, 5.74) is 0. The molecule has 0 nitrogen and oxygen atoms in total. The summed E-state index contributed by atoms with van der Waals surface area (Å²) in [4.78, 5) is 0. The molecule has 0 saturated carbocycles. The average molecular weight is 207 g/mol. The van der Waals surface area contributed by atoms with Crippen LogP contribution in [0.5, 0.6) is 0 Å². The predicted octanol–water partition coefficient (Wildman–Crippen LogP) is 1.84. The van der Waals surface area contributed by atoms with Crippen molar-refractivity contribution < 1.29 is 13.2 Å². The zero-order valence-electron chi connectivity index (χ0n) is 4.13. The molecule has 8 heavy (non-hydrogen) atoms. The van der Waals surface area contributed by atoms with E-state index in [1.54, 1.807) is 0 Å². The average Bonchev–Trinajstić information content (AvgIpc) is 1.59. The summed E-state index contributed by atoms with van der Waals surface area (Å²) in [7, 11) is -0.573. The number of rotatable bonds is 2. The molecule has 0 aromatic heterocycles. The Morgan fingerprint density at radius 1 is 1.38 bits per heavy atom. The summed E-state index contributed by atoms with van der Waals surface area (Å²) in [5.74, 6) is 0. The van der Waals surface area contributed by atoms with Gasteiger partial charge in [-0.1, -0.05) is 0 Å². The lowest BCUT2D eigenvalue weighted by Gasteiger charge is -2.01. The third-order valence-electron chi connectivity index (χ3n) is 0.594. The van der Waals surface area contributed by atoms with Crippen molar-refractivity contribution in [2.45, 2.75) is 18.6 Å². The van der Waals surface area contributed by atoms with Gasteiger partial charge in [-0.25, -0.2) is 0 Å². The fraction of sp³-hybridized carbons (Fsp3) is 1.00. The Morgan fingerprint density at radius 3 is 2.00 bits per heavy atom. The van der Waals surface area contributed by atoms with E-state index in [1.165, 1.54) is 0 Å². The van der Waals surface area contributed by atoms with Gasteiger partial charge in [-0.05, 0) is 6.04 Å². The maximum absolute atomic E-state index is 11.2. The van der Waals surface area contributed by atoms with E-state index in [0.717, 1.165) is 0 Å². The van der Waals surface area contributed by atoms with Crippen molar-refractivity contribution in [3.8, 4) is 0 Å². The van der Waals surface area contributed by atoms with Gasteiger partial charge in [0.2, 0.25) is 0 Å². The SMILES string of the molecule is FC(F)(F)CC[SiH2]Br. The van der Waals surface area contributed by atoms with Crippen LogP contribution in [0, 0.1) is 0 Å². The number of hydrogen-bond donors (Lipinski definition) is 0. The summed E-state index contributed by atoms with van der Waals surface area (Å²) in [5, 5.41) is 0. The molecule has 50 valence electrons. The van der Waals surface area contributed by atoms with Gasteiger partial charge in [0, 0.05) is 6.42 Å². The van der Waals surface area contributed by atoms with Gasteiger partial charge >= 0.3 is 6.18 Å². The summed E-state index contributed by atoms with van der Waals surface area (Å²) in [6, 6.07) is 0.309. The quantitative estimate of drug-likeness (QED) is 0.478. The molecule has 0 unspecified atom stereocenters. The molecule has 0 atom stereocenters. The molecule has 0 rings (SSSR count). The van der Waals surface area contributed by atoms with Crippen molar-refractivity contribution in [3.63, 3.8) is 0 Å². The zero-order chi connectivity index (χ0) is 6.62. The third-order valence-corrected chi connectivity index (χ3v) is 2.90. The summed E-state index contributed by atoms with van der Waals surface area (Å²) in [6.45, 7) is 0. The minimum absolute atomic E-state index is 0.309. The highest BCUT2D eigenvalue weighted by Crippen LogP contribution is 2.21. The lowest BCUT2D eigenvalue weighted by molar-refractivity contribution is -0.130. The molecule has 0 N–H and O–H groups in total. The van der Waals surface area contributed by atoms with E-state index < -0.39 is 20.7 Å². The van der Waals surface area contributed by atoms with Crippen LogP contribution in [0.2, 0.25) is 6.04 Å². The highest BCUT2D eigenvalue weighted by Gasteiger charge is 2.25. The van der Waals surface area contributed by atoms with Crippen molar-refractivity contribution in [2.24, 2.45) is 0 Å². The number of halogens is 4. The molecule has 0 radical (unpaired) electrons. The van der Waals surface area contributed by atoms with E-state index in [0.29, 0.717) is 6.04 Å². The zero-order valence-corrected chi connectivity index (χ0v) is 7.13. The molecule has 0 saturated heterocycles. The maximum atomic E-state index is 11.2. The normalized spacial score (nSPS) is 13.5.